The summed E-state index contributed by atoms with van der Waals surface area (Å²) in [5, 5.41) is 4.05. The molecule has 1 aliphatic rings. The van der Waals surface area contributed by atoms with E-state index in [0.717, 1.165) is 22.6 Å². The molecule has 2 heterocycles. The monoisotopic (exact) mass is 423 g/mol. The molecule has 1 saturated heterocycles. The third-order valence-corrected chi connectivity index (χ3v) is 5.15. The summed E-state index contributed by atoms with van der Waals surface area (Å²) in [7, 11) is 1.61. The summed E-state index contributed by atoms with van der Waals surface area (Å²) >= 11 is 0. The van der Waals surface area contributed by atoms with Crippen molar-refractivity contribution in [3.63, 3.8) is 0 Å². The molecule has 1 amide bonds. The molecular formula is C23H25N3O5. The lowest BCUT2D eigenvalue weighted by atomic mass is 10.2. The van der Waals surface area contributed by atoms with Crippen molar-refractivity contribution in [1.29, 1.82) is 0 Å². The van der Waals surface area contributed by atoms with Crippen molar-refractivity contribution in [3.8, 4) is 22.9 Å². The van der Waals surface area contributed by atoms with Crippen LogP contribution in [0.2, 0.25) is 0 Å². The van der Waals surface area contributed by atoms with Crippen LogP contribution in [0.15, 0.2) is 53.1 Å². The number of rotatable bonds is 7. The molecule has 1 fully saturated rings. The maximum Gasteiger partial charge on any atom is 0.257 e. The van der Waals surface area contributed by atoms with Crippen molar-refractivity contribution in [2.45, 2.75) is 19.4 Å². The number of ether oxygens (including phenoxy) is 3. The number of carbonyl (C=O) groups is 1. The number of aromatic nitrogens is 2. The molecular weight excluding hydrogens is 398 g/mol. The summed E-state index contributed by atoms with van der Waals surface area (Å²) in [5.74, 6) is 2.39. The van der Waals surface area contributed by atoms with E-state index in [0.29, 0.717) is 44.4 Å². The van der Waals surface area contributed by atoms with Crippen LogP contribution >= 0.6 is 0 Å². The molecule has 31 heavy (non-hydrogen) atoms. The first kappa shape index (κ1) is 20.9. The number of methoxy groups -OCH3 is 1. The highest BCUT2D eigenvalue weighted by Gasteiger charge is 2.29. The number of benzene rings is 2. The third kappa shape index (κ3) is 5.03. The molecule has 0 N–H and O–H groups in total. The predicted molar refractivity (Wildman–Crippen MR) is 113 cm³/mol. The molecule has 0 spiro atoms. The van der Waals surface area contributed by atoms with E-state index in [2.05, 4.69) is 10.1 Å². The van der Waals surface area contributed by atoms with Gasteiger partial charge in [-0.15, -0.1) is 0 Å². The minimum atomic E-state index is -0.450. The standard InChI is InChI=1S/C23H25N3O5/c1-16-5-3-4-6-19(16)29-13-11-21(27)26-12-14-30-20(15-26)23-24-22(25-31-23)17-7-9-18(28-2)10-8-17/h3-10,20H,11-15H2,1-2H3/t20-/m0/s1. The van der Waals surface area contributed by atoms with Gasteiger partial charge in [-0.05, 0) is 42.8 Å². The SMILES string of the molecule is COc1ccc(-c2noc([C@@H]3CN(C(=O)CCOc4ccccc4C)CCO3)n2)cc1. The Morgan fingerprint density at radius 3 is 2.77 bits per heavy atom. The zero-order chi connectivity index (χ0) is 21.6. The number of hydrogen-bond donors (Lipinski definition) is 0. The fourth-order valence-electron chi connectivity index (χ4n) is 3.37. The molecule has 3 aromatic rings. The van der Waals surface area contributed by atoms with Crippen LogP contribution in [0.4, 0.5) is 0 Å². The normalized spacial score (nSPS) is 16.2. The molecule has 1 aliphatic heterocycles. The van der Waals surface area contributed by atoms with Crippen molar-refractivity contribution >= 4 is 5.91 Å². The molecule has 1 atom stereocenters. The van der Waals surface area contributed by atoms with E-state index in [1.807, 2.05) is 55.5 Å². The Bertz CT molecular complexity index is 1020. The number of hydrogen-bond acceptors (Lipinski definition) is 7. The lowest BCUT2D eigenvalue weighted by molar-refractivity contribution is -0.140. The van der Waals surface area contributed by atoms with Crippen molar-refractivity contribution < 1.29 is 23.5 Å². The lowest BCUT2D eigenvalue weighted by Gasteiger charge is -2.31. The van der Waals surface area contributed by atoms with Crippen molar-refractivity contribution in [1.82, 2.24) is 15.0 Å². The second-order valence-corrected chi connectivity index (χ2v) is 7.25. The maximum atomic E-state index is 12.6. The van der Waals surface area contributed by atoms with Gasteiger partial charge in [-0.1, -0.05) is 23.4 Å². The van der Waals surface area contributed by atoms with Crippen LogP contribution < -0.4 is 9.47 Å². The van der Waals surface area contributed by atoms with E-state index in [1.165, 1.54) is 0 Å². The summed E-state index contributed by atoms with van der Waals surface area (Å²) in [6, 6.07) is 15.2. The minimum absolute atomic E-state index is 0.0109. The summed E-state index contributed by atoms with van der Waals surface area (Å²) < 4.78 is 22.1. The number of nitrogens with zero attached hydrogens (tertiary/aromatic N) is 3. The smallest absolute Gasteiger partial charge is 0.257 e. The van der Waals surface area contributed by atoms with E-state index in [9.17, 15) is 4.79 Å². The summed E-state index contributed by atoms with van der Waals surface area (Å²) in [5.41, 5.74) is 1.86. The number of morpholine rings is 1. The Labute approximate surface area is 180 Å². The fraction of sp³-hybridized carbons (Fsp3) is 0.348. The fourth-order valence-corrected chi connectivity index (χ4v) is 3.37. The highest BCUT2D eigenvalue weighted by Crippen LogP contribution is 2.25. The third-order valence-electron chi connectivity index (χ3n) is 5.15. The number of carbonyl (C=O) groups excluding carboxylic acids is 1. The molecule has 0 bridgehead atoms. The van der Waals surface area contributed by atoms with E-state index < -0.39 is 6.10 Å². The van der Waals surface area contributed by atoms with Crippen molar-refractivity contribution in [2.24, 2.45) is 0 Å². The molecule has 1 aromatic heterocycles. The summed E-state index contributed by atoms with van der Waals surface area (Å²) in [4.78, 5) is 18.9. The van der Waals surface area contributed by atoms with Gasteiger partial charge in [0.15, 0.2) is 6.10 Å². The first-order valence-electron chi connectivity index (χ1n) is 10.2. The Kier molecular flexibility index (Phi) is 6.47. The topological polar surface area (TPSA) is 86.9 Å². The second kappa shape index (κ2) is 9.61. The molecule has 162 valence electrons. The van der Waals surface area contributed by atoms with Gasteiger partial charge in [0.1, 0.15) is 11.5 Å². The van der Waals surface area contributed by atoms with Crippen LogP contribution in [0.3, 0.4) is 0 Å². The highest BCUT2D eigenvalue weighted by atomic mass is 16.5. The van der Waals surface area contributed by atoms with Gasteiger partial charge in [0, 0.05) is 12.1 Å². The quantitative estimate of drug-likeness (QED) is 0.575. The zero-order valence-corrected chi connectivity index (χ0v) is 17.6. The largest absolute Gasteiger partial charge is 0.497 e. The van der Waals surface area contributed by atoms with Crippen molar-refractivity contribution in [2.75, 3.05) is 33.4 Å². The average Bonchev–Trinajstić information content (AvgIpc) is 3.31. The first-order chi connectivity index (χ1) is 15.1. The Balaban J connectivity index is 1.33. The summed E-state index contributed by atoms with van der Waals surface area (Å²) in [6.07, 6.45) is -0.156. The Hall–Kier alpha value is -3.39. The number of para-hydroxylation sites is 1. The van der Waals surface area contributed by atoms with Gasteiger partial charge in [-0.25, -0.2) is 0 Å². The molecule has 8 nitrogen and oxygen atoms in total. The zero-order valence-electron chi connectivity index (χ0n) is 17.6. The average molecular weight is 423 g/mol. The molecule has 0 radical (unpaired) electrons. The van der Waals surface area contributed by atoms with Gasteiger partial charge in [-0.2, -0.15) is 4.98 Å². The van der Waals surface area contributed by atoms with E-state index in [-0.39, 0.29) is 5.91 Å². The Morgan fingerprint density at radius 2 is 2.00 bits per heavy atom. The van der Waals surface area contributed by atoms with Gasteiger partial charge in [0.05, 0.1) is 33.3 Å². The molecule has 2 aromatic carbocycles. The molecule has 0 saturated carbocycles. The Morgan fingerprint density at radius 1 is 1.19 bits per heavy atom. The highest BCUT2D eigenvalue weighted by molar-refractivity contribution is 5.76. The van der Waals surface area contributed by atoms with Crippen LogP contribution in [-0.4, -0.2) is 54.4 Å². The minimum Gasteiger partial charge on any atom is -0.497 e. The maximum absolute atomic E-state index is 12.6. The molecule has 0 unspecified atom stereocenters. The second-order valence-electron chi connectivity index (χ2n) is 7.25. The molecule has 0 aliphatic carbocycles. The predicted octanol–water partition coefficient (Wildman–Crippen LogP) is 3.42. The van der Waals surface area contributed by atoms with Crippen molar-refractivity contribution in [3.05, 3.63) is 60.0 Å². The van der Waals surface area contributed by atoms with Crippen LogP contribution in [0, 0.1) is 6.92 Å². The van der Waals surface area contributed by atoms with E-state index in [1.54, 1.807) is 12.0 Å². The lowest BCUT2D eigenvalue weighted by Crippen LogP contribution is -2.42. The van der Waals surface area contributed by atoms with Crippen LogP contribution in [0.5, 0.6) is 11.5 Å². The van der Waals surface area contributed by atoms with Crippen LogP contribution in [0.1, 0.15) is 24.0 Å². The van der Waals surface area contributed by atoms with E-state index in [4.69, 9.17) is 18.7 Å². The van der Waals surface area contributed by atoms with E-state index >= 15 is 0 Å². The first-order valence-corrected chi connectivity index (χ1v) is 10.2. The van der Waals surface area contributed by atoms with Gasteiger partial charge in [0.2, 0.25) is 11.7 Å². The van der Waals surface area contributed by atoms with Crippen LogP contribution in [0.25, 0.3) is 11.4 Å². The molecule has 4 rings (SSSR count). The van der Waals surface area contributed by atoms with Gasteiger partial charge in [-0.3, -0.25) is 4.79 Å². The number of amides is 1. The van der Waals surface area contributed by atoms with Gasteiger partial charge >= 0.3 is 0 Å². The van der Waals surface area contributed by atoms with Gasteiger partial charge in [0.25, 0.3) is 5.89 Å². The van der Waals surface area contributed by atoms with Gasteiger partial charge < -0.3 is 23.6 Å². The summed E-state index contributed by atoms with van der Waals surface area (Å²) in [6.45, 7) is 3.62. The van der Waals surface area contributed by atoms with Crippen LogP contribution in [-0.2, 0) is 9.53 Å². The molecule has 8 heteroatoms. The number of aryl methyl sites for hydroxylation is 1.